The quantitative estimate of drug-likeness (QED) is 0.865. The van der Waals surface area contributed by atoms with Crippen LogP contribution < -0.4 is 10.5 Å². The summed E-state index contributed by atoms with van der Waals surface area (Å²) in [6, 6.07) is 4.81. The predicted molar refractivity (Wildman–Crippen MR) is 102 cm³/mol. The molecule has 2 aromatic rings. The molecule has 2 aliphatic rings. The monoisotopic (exact) mass is 392 g/mol. The van der Waals surface area contributed by atoms with Gasteiger partial charge in [0.25, 0.3) is 5.56 Å². The topological polar surface area (TPSA) is 61.5 Å². The molecule has 0 aliphatic carbocycles. The van der Waals surface area contributed by atoms with Crippen molar-refractivity contribution in [2.24, 2.45) is 0 Å². The number of halogens is 2. The van der Waals surface area contributed by atoms with E-state index in [0.29, 0.717) is 38.5 Å². The van der Waals surface area contributed by atoms with Crippen molar-refractivity contribution in [1.82, 2.24) is 14.9 Å². The highest BCUT2D eigenvalue weighted by Crippen LogP contribution is 2.19. The number of rotatable bonds is 3. The first-order chi connectivity index (χ1) is 13.1. The van der Waals surface area contributed by atoms with Crippen LogP contribution in [0.3, 0.4) is 0 Å². The number of aromatic amines is 1. The molecule has 27 heavy (non-hydrogen) atoms. The maximum absolute atomic E-state index is 13.4. The summed E-state index contributed by atoms with van der Waals surface area (Å²) in [5.41, 5.74) is 2.56. The third-order valence-corrected chi connectivity index (χ3v) is 5.42. The number of fused-ring (bicyclic) bond motifs is 1. The Morgan fingerprint density at radius 1 is 1.19 bits per heavy atom. The van der Waals surface area contributed by atoms with Crippen LogP contribution in [0, 0.1) is 5.82 Å². The molecule has 3 heterocycles. The van der Waals surface area contributed by atoms with Crippen molar-refractivity contribution in [3.8, 4) is 0 Å². The molecule has 144 valence electrons. The zero-order valence-corrected chi connectivity index (χ0v) is 15.8. The normalized spacial score (nSPS) is 18.2. The SMILES string of the molecule is O=c1[nH]c(N2CCOCC2)nc2c1CCN(Cc1ccc(F)c(Cl)c1)CC2. The molecule has 4 rings (SSSR count). The summed E-state index contributed by atoms with van der Waals surface area (Å²) in [6.07, 6.45) is 1.36. The van der Waals surface area contributed by atoms with Gasteiger partial charge in [0.05, 0.1) is 23.9 Å². The summed E-state index contributed by atoms with van der Waals surface area (Å²) in [5, 5.41) is 0.138. The number of nitrogens with one attached hydrogen (secondary N) is 1. The molecule has 0 saturated carbocycles. The van der Waals surface area contributed by atoms with Crippen LogP contribution in [0.25, 0.3) is 0 Å². The summed E-state index contributed by atoms with van der Waals surface area (Å²) in [4.78, 5) is 24.6. The van der Waals surface area contributed by atoms with Crippen LogP contribution in [-0.2, 0) is 24.1 Å². The third-order valence-electron chi connectivity index (χ3n) is 5.13. The van der Waals surface area contributed by atoms with E-state index in [-0.39, 0.29) is 10.6 Å². The van der Waals surface area contributed by atoms with Crippen molar-refractivity contribution < 1.29 is 9.13 Å². The van der Waals surface area contributed by atoms with Crippen molar-refractivity contribution >= 4 is 17.5 Å². The van der Waals surface area contributed by atoms with E-state index in [2.05, 4.69) is 14.8 Å². The lowest BCUT2D eigenvalue weighted by atomic mass is 10.1. The number of benzene rings is 1. The molecular formula is C19H22ClFN4O2. The zero-order chi connectivity index (χ0) is 18.8. The average molecular weight is 393 g/mol. The summed E-state index contributed by atoms with van der Waals surface area (Å²) in [5.74, 6) is 0.232. The van der Waals surface area contributed by atoms with E-state index in [1.807, 2.05) is 0 Å². The number of ether oxygens (including phenoxy) is 1. The molecule has 1 aromatic carbocycles. The van der Waals surface area contributed by atoms with Gasteiger partial charge in [-0.05, 0) is 24.1 Å². The highest BCUT2D eigenvalue weighted by molar-refractivity contribution is 6.30. The second-order valence-corrected chi connectivity index (χ2v) is 7.35. The van der Waals surface area contributed by atoms with Gasteiger partial charge < -0.3 is 9.64 Å². The van der Waals surface area contributed by atoms with E-state index in [4.69, 9.17) is 21.3 Å². The van der Waals surface area contributed by atoms with Gasteiger partial charge in [0.15, 0.2) is 0 Å². The maximum Gasteiger partial charge on any atom is 0.255 e. The number of H-pyrrole nitrogens is 1. The van der Waals surface area contributed by atoms with Crippen molar-refractivity contribution in [1.29, 1.82) is 0 Å². The molecule has 8 heteroatoms. The standard InChI is InChI=1S/C19H22ClFN4O2/c20-15-11-13(1-2-16(15)21)12-24-5-3-14-17(4-6-24)22-19(23-18(14)26)25-7-9-27-10-8-25/h1-2,11H,3-10,12H2,(H,22,23,26). The molecule has 1 aromatic heterocycles. The van der Waals surface area contributed by atoms with Gasteiger partial charge in [0.2, 0.25) is 5.95 Å². The van der Waals surface area contributed by atoms with Crippen LogP contribution in [0.1, 0.15) is 16.8 Å². The lowest BCUT2D eigenvalue weighted by molar-refractivity contribution is 0.122. The van der Waals surface area contributed by atoms with Gasteiger partial charge >= 0.3 is 0 Å². The summed E-state index contributed by atoms with van der Waals surface area (Å²) in [6.45, 7) is 4.98. The minimum absolute atomic E-state index is 0.0480. The van der Waals surface area contributed by atoms with E-state index < -0.39 is 5.82 Å². The van der Waals surface area contributed by atoms with Gasteiger partial charge in [-0.2, -0.15) is 0 Å². The van der Waals surface area contributed by atoms with Crippen molar-refractivity contribution in [3.05, 3.63) is 56.2 Å². The number of hydrogen-bond acceptors (Lipinski definition) is 5. The Kier molecular flexibility index (Phi) is 5.43. The highest BCUT2D eigenvalue weighted by Gasteiger charge is 2.21. The van der Waals surface area contributed by atoms with E-state index >= 15 is 0 Å². The van der Waals surface area contributed by atoms with E-state index in [1.54, 1.807) is 12.1 Å². The first-order valence-corrected chi connectivity index (χ1v) is 9.59. The fourth-order valence-corrected chi connectivity index (χ4v) is 3.82. The predicted octanol–water partition coefficient (Wildman–Crippen LogP) is 2.00. The Hall–Kier alpha value is -1.96. The molecule has 0 spiro atoms. The van der Waals surface area contributed by atoms with Crippen LogP contribution in [0.4, 0.5) is 10.3 Å². The molecule has 0 amide bonds. The third kappa shape index (κ3) is 4.15. The Labute approximate surface area is 161 Å². The Morgan fingerprint density at radius 2 is 1.96 bits per heavy atom. The second kappa shape index (κ2) is 7.96. The van der Waals surface area contributed by atoms with E-state index in [1.165, 1.54) is 6.07 Å². The first kappa shape index (κ1) is 18.4. The van der Waals surface area contributed by atoms with Crippen LogP contribution in [0.15, 0.2) is 23.0 Å². The number of nitrogens with zero attached hydrogens (tertiary/aromatic N) is 3. The molecular weight excluding hydrogens is 371 g/mol. The molecule has 6 nitrogen and oxygen atoms in total. The van der Waals surface area contributed by atoms with Crippen molar-refractivity contribution in [3.63, 3.8) is 0 Å². The molecule has 1 saturated heterocycles. The van der Waals surface area contributed by atoms with Gasteiger partial charge in [0, 0.05) is 44.7 Å². The number of hydrogen-bond donors (Lipinski definition) is 1. The van der Waals surface area contributed by atoms with Crippen molar-refractivity contribution in [2.45, 2.75) is 19.4 Å². The minimum Gasteiger partial charge on any atom is -0.378 e. The van der Waals surface area contributed by atoms with Gasteiger partial charge in [-0.25, -0.2) is 9.37 Å². The fraction of sp³-hybridized carbons (Fsp3) is 0.474. The second-order valence-electron chi connectivity index (χ2n) is 6.94. The summed E-state index contributed by atoms with van der Waals surface area (Å²) in [7, 11) is 0. The molecule has 1 fully saturated rings. The van der Waals surface area contributed by atoms with Gasteiger partial charge in [-0.1, -0.05) is 17.7 Å². The lowest BCUT2D eigenvalue weighted by Crippen LogP contribution is -2.38. The summed E-state index contributed by atoms with van der Waals surface area (Å²) >= 11 is 5.89. The van der Waals surface area contributed by atoms with Crippen LogP contribution >= 0.6 is 11.6 Å². The zero-order valence-electron chi connectivity index (χ0n) is 15.0. The summed E-state index contributed by atoms with van der Waals surface area (Å²) < 4.78 is 18.7. The van der Waals surface area contributed by atoms with E-state index in [9.17, 15) is 9.18 Å². The largest absolute Gasteiger partial charge is 0.378 e. The number of anilines is 1. The van der Waals surface area contributed by atoms with Gasteiger partial charge in [-0.15, -0.1) is 0 Å². The maximum atomic E-state index is 13.4. The molecule has 0 unspecified atom stereocenters. The lowest BCUT2D eigenvalue weighted by Gasteiger charge is -2.27. The Bertz CT molecular complexity index is 882. The molecule has 0 radical (unpaired) electrons. The smallest absolute Gasteiger partial charge is 0.255 e. The highest BCUT2D eigenvalue weighted by atomic mass is 35.5. The number of morpholine rings is 1. The van der Waals surface area contributed by atoms with Gasteiger partial charge in [-0.3, -0.25) is 14.7 Å². The van der Waals surface area contributed by atoms with Gasteiger partial charge in [0.1, 0.15) is 5.82 Å². The molecule has 0 bridgehead atoms. The number of aromatic nitrogens is 2. The minimum atomic E-state index is -0.407. The Morgan fingerprint density at radius 3 is 2.74 bits per heavy atom. The van der Waals surface area contributed by atoms with Crippen LogP contribution in [0.5, 0.6) is 0 Å². The molecule has 1 N–H and O–H groups in total. The van der Waals surface area contributed by atoms with Crippen molar-refractivity contribution in [2.75, 3.05) is 44.3 Å². The molecule has 2 aliphatic heterocycles. The van der Waals surface area contributed by atoms with E-state index in [0.717, 1.165) is 43.0 Å². The first-order valence-electron chi connectivity index (χ1n) is 9.21. The fourth-order valence-electron chi connectivity index (χ4n) is 3.62. The van der Waals surface area contributed by atoms with Crippen LogP contribution in [-0.4, -0.2) is 54.3 Å². The van der Waals surface area contributed by atoms with Crippen LogP contribution in [0.2, 0.25) is 5.02 Å². The average Bonchev–Trinajstić information content (AvgIpc) is 2.88. The Balaban J connectivity index is 1.49. The molecule has 0 atom stereocenters.